The molecule has 0 saturated carbocycles. The number of rotatable bonds is 4. The molecule has 0 atom stereocenters. The fourth-order valence-electron chi connectivity index (χ4n) is 2.11. The highest BCUT2D eigenvalue weighted by Gasteiger charge is 2.10. The number of fused-ring (bicyclic) bond motifs is 1. The molecule has 0 fully saturated rings. The van der Waals surface area contributed by atoms with Gasteiger partial charge in [0.25, 0.3) is 0 Å². The molecule has 0 saturated heterocycles. The molecule has 3 N–H and O–H groups in total. The molecule has 2 heterocycles. The second kappa shape index (κ2) is 5.36. The smallest absolute Gasteiger partial charge is 0.248 e. The quantitative estimate of drug-likeness (QED) is 0.767. The van der Waals surface area contributed by atoms with Crippen LogP contribution in [0.4, 0.5) is 11.6 Å². The molecule has 1 aromatic carbocycles. The minimum atomic E-state index is -0.508. The molecule has 1 amide bonds. The van der Waals surface area contributed by atoms with Gasteiger partial charge in [0.05, 0.1) is 12.8 Å². The molecular weight excluding hydrogens is 282 g/mol. The van der Waals surface area contributed by atoms with E-state index in [1.165, 1.54) is 7.11 Å². The van der Waals surface area contributed by atoms with E-state index in [0.29, 0.717) is 22.9 Å². The van der Waals surface area contributed by atoms with Crippen molar-refractivity contribution < 1.29 is 9.53 Å². The number of methoxy groups -OCH3 is 1. The maximum absolute atomic E-state index is 11.2. The van der Waals surface area contributed by atoms with Crippen molar-refractivity contribution in [2.24, 2.45) is 5.73 Å². The average Bonchev–Trinajstić information content (AvgIpc) is 2.88. The number of aryl methyl sites for hydroxylation is 1. The molecular formula is C15H15N5O2. The van der Waals surface area contributed by atoms with Crippen LogP contribution in [0.15, 0.2) is 36.5 Å². The number of primary amides is 1. The summed E-state index contributed by atoms with van der Waals surface area (Å²) in [5.41, 5.74) is 8.12. The number of aromatic nitrogens is 3. The zero-order valence-corrected chi connectivity index (χ0v) is 12.2. The van der Waals surface area contributed by atoms with Crippen LogP contribution in [0.5, 0.6) is 5.75 Å². The predicted molar refractivity (Wildman–Crippen MR) is 82.5 cm³/mol. The van der Waals surface area contributed by atoms with E-state index in [9.17, 15) is 4.79 Å². The van der Waals surface area contributed by atoms with Crippen LogP contribution in [-0.4, -0.2) is 27.6 Å². The van der Waals surface area contributed by atoms with Gasteiger partial charge in [0, 0.05) is 11.8 Å². The summed E-state index contributed by atoms with van der Waals surface area (Å²) in [4.78, 5) is 15.6. The second-order valence-corrected chi connectivity index (χ2v) is 4.85. The number of hydrogen-bond acceptors (Lipinski definition) is 5. The zero-order chi connectivity index (χ0) is 15.7. The Morgan fingerprint density at radius 3 is 2.86 bits per heavy atom. The fraction of sp³-hybridized carbons (Fsp3) is 0.133. The zero-order valence-electron chi connectivity index (χ0n) is 12.2. The first kappa shape index (κ1) is 13.9. The standard InChI is InChI=1S/C15H15N5O2/c1-9-3-6-13-18-15(19-20(13)8-9)17-11-5-4-10(14(16)21)7-12(11)22-2/h3-8H,1-2H3,(H2,16,21)(H,17,19). The van der Waals surface area contributed by atoms with E-state index in [4.69, 9.17) is 10.5 Å². The van der Waals surface area contributed by atoms with Crippen LogP contribution in [-0.2, 0) is 0 Å². The Morgan fingerprint density at radius 2 is 2.14 bits per heavy atom. The van der Waals surface area contributed by atoms with Crippen LogP contribution in [0.2, 0.25) is 0 Å². The molecule has 3 aromatic rings. The topological polar surface area (TPSA) is 94.5 Å². The lowest BCUT2D eigenvalue weighted by molar-refractivity contribution is 0.1000. The van der Waals surface area contributed by atoms with Gasteiger partial charge in [0.15, 0.2) is 5.65 Å². The van der Waals surface area contributed by atoms with Crippen molar-refractivity contribution in [1.29, 1.82) is 0 Å². The van der Waals surface area contributed by atoms with Crippen LogP contribution in [0, 0.1) is 6.92 Å². The number of benzene rings is 1. The van der Waals surface area contributed by atoms with Crippen molar-refractivity contribution in [1.82, 2.24) is 14.6 Å². The first-order valence-electron chi connectivity index (χ1n) is 6.65. The van der Waals surface area contributed by atoms with E-state index >= 15 is 0 Å². The third kappa shape index (κ3) is 2.56. The molecule has 2 aromatic heterocycles. The van der Waals surface area contributed by atoms with Crippen LogP contribution >= 0.6 is 0 Å². The lowest BCUT2D eigenvalue weighted by atomic mass is 10.2. The molecule has 22 heavy (non-hydrogen) atoms. The van der Waals surface area contributed by atoms with Gasteiger partial charge in [-0.3, -0.25) is 4.79 Å². The maximum atomic E-state index is 11.2. The van der Waals surface area contributed by atoms with Crippen LogP contribution in [0.3, 0.4) is 0 Å². The van der Waals surface area contributed by atoms with E-state index in [0.717, 1.165) is 11.2 Å². The first-order chi connectivity index (χ1) is 10.6. The number of amides is 1. The summed E-state index contributed by atoms with van der Waals surface area (Å²) in [7, 11) is 1.52. The van der Waals surface area contributed by atoms with Crippen molar-refractivity contribution in [3.8, 4) is 5.75 Å². The van der Waals surface area contributed by atoms with E-state index < -0.39 is 5.91 Å². The molecule has 0 aliphatic heterocycles. The summed E-state index contributed by atoms with van der Waals surface area (Å²) in [6.07, 6.45) is 1.89. The Morgan fingerprint density at radius 1 is 1.32 bits per heavy atom. The summed E-state index contributed by atoms with van der Waals surface area (Å²) in [5, 5.41) is 7.43. The van der Waals surface area contributed by atoms with Gasteiger partial charge in [-0.25, -0.2) is 4.52 Å². The van der Waals surface area contributed by atoms with E-state index in [2.05, 4.69) is 15.4 Å². The Labute approximate surface area is 126 Å². The highest BCUT2D eigenvalue weighted by atomic mass is 16.5. The van der Waals surface area contributed by atoms with Gasteiger partial charge in [0.2, 0.25) is 11.9 Å². The number of pyridine rings is 1. The second-order valence-electron chi connectivity index (χ2n) is 4.85. The number of nitrogens with one attached hydrogen (secondary N) is 1. The van der Waals surface area contributed by atoms with Crippen molar-refractivity contribution >= 4 is 23.2 Å². The number of hydrogen-bond donors (Lipinski definition) is 2. The van der Waals surface area contributed by atoms with E-state index in [-0.39, 0.29) is 0 Å². The minimum Gasteiger partial charge on any atom is -0.495 e. The number of nitrogens with two attached hydrogens (primary N) is 1. The highest BCUT2D eigenvalue weighted by Crippen LogP contribution is 2.27. The monoisotopic (exact) mass is 297 g/mol. The lowest BCUT2D eigenvalue weighted by Gasteiger charge is -2.09. The fourth-order valence-corrected chi connectivity index (χ4v) is 2.11. The van der Waals surface area contributed by atoms with E-state index in [1.807, 2.05) is 25.3 Å². The predicted octanol–water partition coefficient (Wildman–Crippen LogP) is 1.89. The summed E-state index contributed by atoms with van der Waals surface area (Å²) >= 11 is 0. The van der Waals surface area contributed by atoms with Gasteiger partial charge >= 0.3 is 0 Å². The third-order valence-corrected chi connectivity index (χ3v) is 3.21. The SMILES string of the molecule is COc1cc(C(N)=O)ccc1Nc1nc2ccc(C)cn2n1. The highest BCUT2D eigenvalue weighted by molar-refractivity contribution is 5.94. The van der Waals surface area contributed by atoms with Crippen LogP contribution in [0.1, 0.15) is 15.9 Å². The van der Waals surface area contributed by atoms with Crippen LogP contribution in [0.25, 0.3) is 5.65 Å². The molecule has 7 nitrogen and oxygen atoms in total. The molecule has 3 rings (SSSR count). The molecule has 0 unspecified atom stereocenters. The van der Waals surface area contributed by atoms with Gasteiger partial charge in [-0.2, -0.15) is 4.98 Å². The lowest BCUT2D eigenvalue weighted by Crippen LogP contribution is -2.11. The molecule has 112 valence electrons. The Kier molecular flexibility index (Phi) is 3.38. The summed E-state index contributed by atoms with van der Waals surface area (Å²) in [6, 6.07) is 8.75. The number of anilines is 2. The maximum Gasteiger partial charge on any atom is 0.248 e. The normalized spacial score (nSPS) is 10.6. The van der Waals surface area contributed by atoms with Gasteiger partial charge in [0.1, 0.15) is 5.75 Å². The van der Waals surface area contributed by atoms with Crippen molar-refractivity contribution in [3.05, 3.63) is 47.7 Å². The van der Waals surface area contributed by atoms with Gasteiger partial charge in [-0.15, -0.1) is 5.10 Å². The Balaban J connectivity index is 1.95. The molecule has 0 aliphatic carbocycles. The number of carbonyl (C=O) groups is 1. The minimum absolute atomic E-state index is 0.376. The van der Waals surface area contributed by atoms with Crippen molar-refractivity contribution in [2.75, 3.05) is 12.4 Å². The number of carbonyl (C=O) groups excluding carboxylic acids is 1. The Bertz CT molecular complexity index is 856. The van der Waals surface area contributed by atoms with Gasteiger partial charge < -0.3 is 15.8 Å². The molecule has 0 spiro atoms. The molecule has 0 aliphatic rings. The molecule has 7 heteroatoms. The third-order valence-electron chi connectivity index (χ3n) is 3.21. The largest absolute Gasteiger partial charge is 0.495 e. The summed E-state index contributed by atoms with van der Waals surface area (Å²) in [6.45, 7) is 1.99. The first-order valence-corrected chi connectivity index (χ1v) is 6.65. The van der Waals surface area contributed by atoms with E-state index in [1.54, 1.807) is 22.7 Å². The molecule has 0 bridgehead atoms. The van der Waals surface area contributed by atoms with Crippen LogP contribution < -0.4 is 15.8 Å². The van der Waals surface area contributed by atoms with Crippen molar-refractivity contribution in [2.45, 2.75) is 6.92 Å². The Hall–Kier alpha value is -3.09. The number of nitrogens with zero attached hydrogens (tertiary/aromatic N) is 3. The summed E-state index contributed by atoms with van der Waals surface area (Å²) < 4.78 is 6.97. The van der Waals surface area contributed by atoms with Gasteiger partial charge in [-0.05, 0) is 36.8 Å². The van der Waals surface area contributed by atoms with Gasteiger partial charge in [-0.1, -0.05) is 6.07 Å². The molecule has 0 radical (unpaired) electrons. The van der Waals surface area contributed by atoms with Crippen molar-refractivity contribution in [3.63, 3.8) is 0 Å². The average molecular weight is 297 g/mol. The summed E-state index contributed by atoms with van der Waals surface area (Å²) in [5.74, 6) is 0.424. The number of ether oxygens (including phenoxy) is 1.